The van der Waals surface area contributed by atoms with E-state index in [0.717, 1.165) is 17.1 Å². The Morgan fingerprint density at radius 1 is 1.47 bits per heavy atom. The standard InChI is InChI=1S/C12H15NO4/c1-8(14)12(15)13-5-4-9-2-3-10-11(6-9)17-7-16-10/h2-3,6,8,14H,4-5,7H2,1H3,(H,13,15)/t8-/m0/s1. The van der Waals surface area contributed by atoms with Crippen molar-refractivity contribution < 1.29 is 19.4 Å². The first-order valence-electron chi connectivity index (χ1n) is 5.51. The molecule has 0 unspecified atom stereocenters. The summed E-state index contributed by atoms with van der Waals surface area (Å²) in [6.45, 7) is 2.19. The number of amides is 1. The Morgan fingerprint density at radius 2 is 2.24 bits per heavy atom. The van der Waals surface area contributed by atoms with E-state index in [1.807, 2.05) is 18.2 Å². The van der Waals surface area contributed by atoms with Crippen LogP contribution in [0.15, 0.2) is 18.2 Å². The van der Waals surface area contributed by atoms with Crippen molar-refractivity contribution in [3.63, 3.8) is 0 Å². The van der Waals surface area contributed by atoms with Crippen molar-refractivity contribution in [3.05, 3.63) is 23.8 Å². The molecule has 2 N–H and O–H groups in total. The smallest absolute Gasteiger partial charge is 0.248 e. The van der Waals surface area contributed by atoms with Crippen molar-refractivity contribution in [1.29, 1.82) is 0 Å². The van der Waals surface area contributed by atoms with Gasteiger partial charge >= 0.3 is 0 Å². The van der Waals surface area contributed by atoms with Crippen molar-refractivity contribution in [3.8, 4) is 11.5 Å². The molecule has 0 spiro atoms. The van der Waals surface area contributed by atoms with Gasteiger partial charge in [0.25, 0.3) is 0 Å². The largest absolute Gasteiger partial charge is 0.454 e. The lowest BCUT2D eigenvalue weighted by molar-refractivity contribution is -0.128. The highest BCUT2D eigenvalue weighted by Crippen LogP contribution is 2.32. The number of hydrogen-bond donors (Lipinski definition) is 2. The van der Waals surface area contributed by atoms with Crippen LogP contribution in [0.1, 0.15) is 12.5 Å². The van der Waals surface area contributed by atoms with E-state index < -0.39 is 6.10 Å². The molecule has 1 aromatic rings. The maximum atomic E-state index is 11.1. The fourth-order valence-electron chi connectivity index (χ4n) is 1.57. The zero-order valence-corrected chi connectivity index (χ0v) is 9.60. The molecule has 1 aliphatic heterocycles. The average Bonchev–Trinajstić information content (AvgIpc) is 2.75. The molecule has 17 heavy (non-hydrogen) atoms. The van der Waals surface area contributed by atoms with Crippen molar-refractivity contribution in [2.45, 2.75) is 19.4 Å². The first kappa shape index (κ1) is 11.7. The third-order valence-electron chi connectivity index (χ3n) is 2.53. The molecule has 0 fully saturated rings. The summed E-state index contributed by atoms with van der Waals surface area (Å²) < 4.78 is 10.5. The molecule has 0 radical (unpaired) electrons. The molecular formula is C12H15NO4. The topological polar surface area (TPSA) is 67.8 Å². The second-order valence-electron chi connectivity index (χ2n) is 3.90. The number of rotatable bonds is 4. The van der Waals surface area contributed by atoms with Gasteiger partial charge in [0.1, 0.15) is 6.10 Å². The molecule has 1 amide bonds. The Labute approximate surface area is 99.3 Å². The van der Waals surface area contributed by atoms with Crippen LogP contribution < -0.4 is 14.8 Å². The monoisotopic (exact) mass is 237 g/mol. The molecule has 2 rings (SSSR count). The normalized spacial score (nSPS) is 14.5. The average molecular weight is 237 g/mol. The Morgan fingerprint density at radius 3 is 3.00 bits per heavy atom. The van der Waals surface area contributed by atoms with Gasteiger partial charge in [0.15, 0.2) is 11.5 Å². The lowest BCUT2D eigenvalue weighted by Gasteiger charge is -2.07. The van der Waals surface area contributed by atoms with E-state index in [1.54, 1.807) is 0 Å². The molecule has 0 saturated carbocycles. The van der Waals surface area contributed by atoms with E-state index in [1.165, 1.54) is 6.92 Å². The van der Waals surface area contributed by atoms with Crippen LogP contribution in [0.4, 0.5) is 0 Å². The zero-order chi connectivity index (χ0) is 12.3. The van der Waals surface area contributed by atoms with Gasteiger partial charge in [-0.2, -0.15) is 0 Å². The van der Waals surface area contributed by atoms with E-state index >= 15 is 0 Å². The van der Waals surface area contributed by atoms with Crippen molar-refractivity contribution in [2.24, 2.45) is 0 Å². The molecule has 92 valence electrons. The van der Waals surface area contributed by atoms with Crippen LogP contribution in [-0.2, 0) is 11.2 Å². The van der Waals surface area contributed by atoms with Crippen LogP contribution in [0.2, 0.25) is 0 Å². The summed E-state index contributed by atoms with van der Waals surface area (Å²) in [5.74, 6) is 1.14. The summed E-state index contributed by atoms with van der Waals surface area (Å²) in [6.07, 6.45) is -0.276. The molecule has 5 nitrogen and oxygen atoms in total. The summed E-state index contributed by atoms with van der Waals surface area (Å²) in [7, 11) is 0. The van der Waals surface area contributed by atoms with Gasteiger partial charge in [-0.25, -0.2) is 0 Å². The summed E-state index contributed by atoms with van der Waals surface area (Å²) >= 11 is 0. The second kappa shape index (κ2) is 5.05. The lowest BCUT2D eigenvalue weighted by Crippen LogP contribution is -2.33. The van der Waals surface area contributed by atoms with E-state index in [9.17, 15) is 4.79 Å². The predicted octanol–water partition coefficient (Wildman–Crippen LogP) is 0.455. The van der Waals surface area contributed by atoms with Gasteiger partial charge in [-0.1, -0.05) is 6.07 Å². The van der Waals surface area contributed by atoms with Gasteiger partial charge in [0.2, 0.25) is 12.7 Å². The van der Waals surface area contributed by atoms with Crippen LogP contribution in [0.3, 0.4) is 0 Å². The Hall–Kier alpha value is -1.75. The number of carbonyl (C=O) groups is 1. The van der Waals surface area contributed by atoms with Crippen LogP contribution in [0.5, 0.6) is 11.5 Å². The molecule has 0 bridgehead atoms. The lowest BCUT2D eigenvalue weighted by atomic mass is 10.1. The van der Waals surface area contributed by atoms with E-state index in [-0.39, 0.29) is 12.7 Å². The highest BCUT2D eigenvalue weighted by atomic mass is 16.7. The molecule has 0 saturated heterocycles. The Kier molecular flexibility index (Phi) is 3.49. The van der Waals surface area contributed by atoms with Crippen molar-refractivity contribution in [2.75, 3.05) is 13.3 Å². The Bertz CT molecular complexity index is 417. The quantitative estimate of drug-likeness (QED) is 0.798. The highest BCUT2D eigenvalue weighted by molar-refractivity contribution is 5.79. The molecule has 0 aromatic heterocycles. The third-order valence-corrected chi connectivity index (χ3v) is 2.53. The fourth-order valence-corrected chi connectivity index (χ4v) is 1.57. The third kappa shape index (κ3) is 2.88. The van der Waals surface area contributed by atoms with Gasteiger partial charge < -0.3 is 19.9 Å². The van der Waals surface area contributed by atoms with E-state index in [0.29, 0.717) is 13.0 Å². The highest BCUT2D eigenvalue weighted by Gasteiger charge is 2.13. The molecule has 0 aliphatic carbocycles. The summed E-state index contributed by atoms with van der Waals surface area (Å²) in [5, 5.41) is 11.6. The molecular weight excluding hydrogens is 222 g/mol. The van der Waals surface area contributed by atoms with Crippen molar-refractivity contribution in [1.82, 2.24) is 5.32 Å². The number of nitrogens with one attached hydrogen (secondary N) is 1. The van der Waals surface area contributed by atoms with Crippen LogP contribution in [0.25, 0.3) is 0 Å². The molecule has 1 aliphatic rings. The maximum absolute atomic E-state index is 11.1. The first-order chi connectivity index (χ1) is 8.16. The Balaban J connectivity index is 1.85. The summed E-state index contributed by atoms with van der Waals surface area (Å²) in [5.41, 5.74) is 1.06. The SMILES string of the molecule is C[C@H](O)C(=O)NCCc1ccc2c(c1)OCO2. The maximum Gasteiger partial charge on any atom is 0.248 e. The van der Waals surface area contributed by atoms with Gasteiger partial charge in [-0.3, -0.25) is 4.79 Å². The summed E-state index contributed by atoms with van der Waals surface area (Å²) in [4.78, 5) is 11.1. The summed E-state index contributed by atoms with van der Waals surface area (Å²) in [6, 6.07) is 5.69. The fraction of sp³-hybridized carbons (Fsp3) is 0.417. The minimum Gasteiger partial charge on any atom is -0.454 e. The van der Waals surface area contributed by atoms with E-state index in [2.05, 4.69) is 5.32 Å². The van der Waals surface area contributed by atoms with Crippen LogP contribution in [-0.4, -0.2) is 30.5 Å². The predicted molar refractivity (Wildman–Crippen MR) is 61.0 cm³/mol. The van der Waals surface area contributed by atoms with Crippen LogP contribution in [0, 0.1) is 0 Å². The van der Waals surface area contributed by atoms with Gasteiger partial charge in [0.05, 0.1) is 0 Å². The number of carbonyl (C=O) groups excluding carboxylic acids is 1. The molecule has 1 heterocycles. The first-order valence-corrected chi connectivity index (χ1v) is 5.51. The number of aliphatic hydroxyl groups excluding tert-OH is 1. The number of fused-ring (bicyclic) bond motifs is 1. The number of hydrogen-bond acceptors (Lipinski definition) is 4. The molecule has 5 heteroatoms. The minimum atomic E-state index is -0.966. The van der Waals surface area contributed by atoms with Gasteiger partial charge in [-0.15, -0.1) is 0 Å². The minimum absolute atomic E-state index is 0.261. The number of benzene rings is 1. The molecule has 1 aromatic carbocycles. The van der Waals surface area contributed by atoms with E-state index in [4.69, 9.17) is 14.6 Å². The van der Waals surface area contributed by atoms with Crippen LogP contribution >= 0.6 is 0 Å². The number of aliphatic hydroxyl groups is 1. The van der Waals surface area contributed by atoms with Gasteiger partial charge in [-0.05, 0) is 31.0 Å². The van der Waals surface area contributed by atoms with Crippen molar-refractivity contribution >= 4 is 5.91 Å². The zero-order valence-electron chi connectivity index (χ0n) is 9.60. The number of ether oxygens (including phenoxy) is 2. The molecule has 1 atom stereocenters. The van der Waals surface area contributed by atoms with Gasteiger partial charge in [0, 0.05) is 6.54 Å². The second-order valence-corrected chi connectivity index (χ2v) is 3.90.